The van der Waals surface area contributed by atoms with E-state index in [-0.39, 0.29) is 0 Å². The molecule has 0 aliphatic rings. The minimum atomic E-state index is 0.681. The molecule has 0 fully saturated rings. The van der Waals surface area contributed by atoms with Crippen molar-refractivity contribution in [1.29, 1.82) is 0 Å². The number of aryl methyl sites for hydroxylation is 5. The lowest BCUT2D eigenvalue weighted by atomic mass is 10.0. The van der Waals surface area contributed by atoms with Crippen LogP contribution in [0.25, 0.3) is 16.9 Å². The summed E-state index contributed by atoms with van der Waals surface area (Å²) in [6.45, 7) is 10.5. The van der Waals surface area contributed by atoms with E-state index < -0.39 is 0 Å². The second-order valence-electron chi connectivity index (χ2n) is 6.66. The fourth-order valence-electron chi connectivity index (χ4n) is 3.54. The Morgan fingerprint density at radius 3 is 2.04 bits per heavy atom. The SMILES string of the molecule is Cc1cc(C)c(-n2c(C=O)ccc2-c2cc(C)ccc2C)c(C)c1. The van der Waals surface area contributed by atoms with Gasteiger partial charge in [-0.25, -0.2) is 0 Å². The summed E-state index contributed by atoms with van der Waals surface area (Å²) in [7, 11) is 0. The Kier molecular flexibility index (Phi) is 4.15. The number of aldehydes is 1. The smallest absolute Gasteiger partial charge is 0.166 e. The number of carbonyl (C=O) groups is 1. The summed E-state index contributed by atoms with van der Waals surface area (Å²) < 4.78 is 2.10. The minimum absolute atomic E-state index is 0.681. The third kappa shape index (κ3) is 2.69. The van der Waals surface area contributed by atoms with Crippen molar-refractivity contribution in [3.63, 3.8) is 0 Å². The molecule has 0 amide bonds. The van der Waals surface area contributed by atoms with Crippen molar-refractivity contribution < 1.29 is 4.79 Å². The third-order valence-electron chi connectivity index (χ3n) is 4.56. The minimum Gasteiger partial charge on any atom is -0.306 e. The monoisotopic (exact) mass is 317 g/mol. The molecule has 2 aromatic carbocycles. The van der Waals surface area contributed by atoms with Gasteiger partial charge >= 0.3 is 0 Å². The van der Waals surface area contributed by atoms with Crippen molar-refractivity contribution in [3.8, 4) is 16.9 Å². The van der Waals surface area contributed by atoms with Crippen molar-refractivity contribution in [1.82, 2.24) is 4.57 Å². The number of benzene rings is 2. The Balaban J connectivity index is 2.36. The summed E-state index contributed by atoms with van der Waals surface area (Å²) in [5.41, 5.74) is 10.0. The fourth-order valence-corrected chi connectivity index (χ4v) is 3.54. The molecular weight excluding hydrogens is 294 g/mol. The molecule has 0 aliphatic carbocycles. The molecule has 0 spiro atoms. The summed E-state index contributed by atoms with van der Waals surface area (Å²) in [6, 6.07) is 14.7. The molecule has 24 heavy (non-hydrogen) atoms. The van der Waals surface area contributed by atoms with Crippen LogP contribution in [0.3, 0.4) is 0 Å². The Morgan fingerprint density at radius 2 is 1.42 bits per heavy atom. The van der Waals surface area contributed by atoms with Crippen LogP contribution in [0.2, 0.25) is 0 Å². The summed E-state index contributed by atoms with van der Waals surface area (Å²) in [5, 5.41) is 0. The first-order valence-electron chi connectivity index (χ1n) is 8.25. The van der Waals surface area contributed by atoms with E-state index in [4.69, 9.17) is 0 Å². The fraction of sp³-hybridized carbons (Fsp3) is 0.227. The molecule has 0 atom stereocenters. The third-order valence-corrected chi connectivity index (χ3v) is 4.56. The largest absolute Gasteiger partial charge is 0.306 e. The first-order chi connectivity index (χ1) is 11.4. The lowest BCUT2D eigenvalue weighted by Gasteiger charge is -2.19. The highest BCUT2D eigenvalue weighted by Gasteiger charge is 2.16. The van der Waals surface area contributed by atoms with E-state index >= 15 is 0 Å². The van der Waals surface area contributed by atoms with Gasteiger partial charge in [0.2, 0.25) is 0 Å². The van der Waals surface area contributed by atoms with Crippen molar-refractivity contribution >= 4 is 6.29 Å². The van der Waals surface area contributed by atoms with Gasteiger partial charge < -0.3 is 4.57 Å². The van der Waals surface area contributed by atoms with Gasteiger partial charge in [0.25, 0.3) is 0 Å². The quantitative estimate of drug-likeness (QED) is 0.585. The van der Waals surface area contributed by atoms with Gasteiger partial charge in [-0.1, -0.05) is 35.4 Å². The molecule has 3 rings (SSSR count). The predicted octanol–water partition coefficient (Wildman–Crippen LogP) is 5.50. The van der Waals surface area contributed by atoms with Crippen molar-refractivity contribution in [3.05, 3.63) is 76.0 Å². The standard InChI is InChI=1S/C22H23NO/c1-14-6-7-16(3)20(12-14)21-9-8-19(13-24)23(21)22-17(4)10-15(2)11-18(22)5/h6-13H,1-5H3. The molecule has 0 aliphatic heterocycles. The van der Waals surface area contributed by atoms with Crippen LogP contribution in [-0.4, -0.2) is 10.9 Å². The molecule has 122 valence electrons. The maximum atomic E-state index is 11.7. The molecule has 2 heteroatoms. The van der Waals surface area contributed by atoms with Crippen molar-refractivity contribution in [2.45, 2.75) is 34.6 Å². The van der Waals surface area contributed by atoms with E-state index in [2.05, 4.69) is 69.5 Å². The lowest BCUT2D eigenvalue weighted by molar-refractivity contribution is 0.111. The highest BCUT2D eigenvalue weighted by molar-refractivity contribution is 5.80. The second kappa shape index (κ2) is 6.12. The normalized spacial score (nSPS) is 10.9. The van der Waals surface area contributed by atoms with Crippen molar-refractivity contribution in [2.75, 3.05) is 0 Å². The maximum Gasteiger partial charge on any atom is 0.166 e. The topological polar surface area (TPSA) is 22.0 Å². The zero-order valence-electron chi connectivity index (χ0n) is 15.0. The van der Waals surface area contributed by atoms with Gasteiger partial charge in [0.15, 0.2) is 6.29 Å². The molecule has 2 nitrogen and oxygen atoms in total. The molecule has 1 aromatic heterocycles. The highest BCUT2D eigenvalue weighted by atomic mass is 16.1. The first-order valence-corrected chi connectivity index (χ1v) is 8.25. The summed E-state index contributed by atoms with van der Waals surface area (Å²) in [5.74, 6) is 0. The zero-order valence-corrected chi connectivity index (χ0v) is 15.0. The Bertz CT molecular complexity index is 908. The van der Waals surface area contributed by atoms with Crippen LogP contribution in [-0.2, 0) is 0 Å². The van der Waals surface area contributed by atoms with Gasteiger partial charge in [-0.3, -0.25) is 4.79 Å². The number of hydrogen-bond donors (Lipinski definition) is 0. The van der Waals surface area contributed by atoms with Crippen LogP contribution in [0.1, 0.15) is 38.3 Å². The van der Waals surface area contributed by atoms with E-state index in [1.807, 2.05) is 12.1 Å². The van der Waals surface area contributed by atoms with Crippen LogP contribution in [0, 0.1) is 34.6 Å². The van der Waals surface area contributed by atoms with E-state index in [9.17, 15) is 4.79 Å². The van der Waals surface area contributed by atoms with E-state index in [0.29, 0.717) is 5.69 Å². The van der Waals surface area contributed by atoms with Gasteiger partial charge in [0, 0.05) is 5.56 Å². The Morgan fingerprint density at radius 1 is 0.750 bits per heavy atom. The molecule has 3 aromatic rings. The van der Waals surface area contributed by atoms with Crippen molar-refractivity contribution in [2.24, 2.45) is 0 Å². The van der Waals surface area contributed by atoms with E-state index in [0.717, 1.165) is 17.7 Å². The van der Waals surface area contributed by atoms with Gasteiger partial charge in [-0.2, -0.15) is 0 Å². The van der Waals surface area contributed by atoms with Crippen LogP contribution >= 0.6 is 0 Å². The van der Waals surface area contributed by atoms with Gasteiger partial charge in [-0.15, -0.1) is 0 Å². The molecule has 0 saturated heterocycles. The lowest BCUT2D eigenvalue weighted by Crippen LogP contribution is -2.06. The number of rotatable bonds is 3. The average molecular weight is 317 g/mol. The van der Waals surface area contributed by atoms with Crippen LogP contribution < -0.4 is 0 Å². The molecule has 0 bridgehead atoms. The number of aromatic nitrogens is 1. The van der Waals surface area contributed by atoms with E-state index in [1.54, 1.807) is 0 Å². The molecule has 0 N–H and O–H groups in total. The molecule has 0 saturated carbocycles. The Hall–Kier alpha value is -2.61. The average Bonchev–Trinajstić information content (AvgIpc) is 2.92. The molecule has 0 radical (unpaired) electrons. The number of carbonyl (C=O) groups excluding carboxylic acids is 1. The van der Waals surface area contributed by atoms with Gasteiger partial charge in [0.1, 0.15) is 0 Å². The first kappa shape index (κ1) is 16.3. The van der Waals surface area contributed by atoms with Gasteiger partial charge in [0.05, 0.1) is 17.1 Å². The predicted molar refractivity (Wildman–Crippen MR) is 100 cm³/mol. The summed E-state index contributed by atoms with van der Waals surface area (Å²) >= 11 is 0. The number of hydrogen-bond acceptors (Lipinski definition) is 1. The van der Waals surface area contributed by atoms with Crippen LogP contribution in [0.15, 0.2) is 42.5 Å². The molecular formula is C22H23NO. The van der Waals surface area contributed by atoms with E-state index in [1.165, 1.54) is 33.4 Å². The highest BCUT2D eigenvalue weighted by Crippen LogP contribution is 2.32. The maximum absolute atomic E-state index is 11.7. The molecule has 1 heterocycles. The van der Waals surface area contributed by atoms with Crippen LogP contribution in [0.5, 0.6) is 0 Å². The summed E-state index contributed by atoms with van der Waals surface area (Å²) in [4.78, 5) is 11.7. The van der Waals surface area contributed by atoms with Crippen LogP contribution in [0.4, 0.5) is 0 Å². The zero-order chi connectivity index (χ0) is 17.4. The van der Waals surface area contributed by atoms with Gasteiger partial charge in [-0.05, 0) is 69.5 Å². The Labute approximate surface area is 143 Å². The number of nitrogens with zero attached hydrogens (tertiary/aromatic N) is 1. The molecule has 0 unspecified atom stereocenters. The second-order valence-corrected chi connectivity index (χ2v) is 6.66. The summed E-state index contributed by atoms with van der Waals surface area (Å²) in [6.07, 6.45) is 0.938.